The van der Waals surface area contributed by atoms with Crippen molar-refractivity contribution >= 4 is 28.3 Å². The predicted octanol–water partition coefficient (Wildman–Crippen LogP) is 1.50. The van der Waals surface area contributed by atoms with Crippen molar-refractivity contribution in [2.24, 2.45) is 0 Å². The molecule has 3 rings (SSSR count). The number of carbonyl (C=O) groups excluding carboxylic acids is 2. The Balaban J connectivity index is 1.75. The molecule has 0 bridgehead atoms. The van der Waals surface area contributed by atoms with Gasteiger partial charge in [0.25, 0.3) is 0 Å². The van der Waals surface area contributed by atoms with Crippen LogP contribution in [0.25, 0.3) is 0 Å². The number of nitrogens with one attached hydrogen (secondary N) is 1. The molecule has 2 aromatic heterocycles. The lowest BCUT2D eigenvalue weighted by Gasteiger charge is -2.09. The lowest BCUT2D eigenvalue weighted by molar-refractivity contribution is -0.118. The molecule has 25 heavy (non-hydrogen) atoms. The molecule has 0 unspecified atom stereocenters. The van der Waals surface area contributed by atoms with E-state index in [1.165, 1.54) is 16.2 Å². The number of thiazole rings is 1. The topological polar surface area (TPSA) is 112 Å². The van der Waals surface area contributed by atoms with E-state index in [9.17, 15) is 14.9 Å². The number of nitrogens with zero attached hydrogens (tertiary/aromatic N) is 5. The van der Waals surface area contributed by atoms with E-state index < -0.39 is 5.92 Å². The average Bonchev–Trinajstić information content (AvgIpc) is 3.15. The summed E-state index contributed by atoms with van der Waals surface area (Å²) in [5.74, 6) is -1.12. The van der Waals surface area contributed by atoms with Gasteiger partial charge < -0.3 is 5.32 Å². The molecule has 2 amide bonds. The molecular weight excluding hydrogens is 340 g/mol. The van der Waals surface area contributed by atoms with E-state index in [1.54, 1.807) is 25.3 Å². The number of rotatable bonds is 5. The molecule has 2 aromatic rings. The standard InChI is InChI=1S/C16H16N6O2S/c1-9-5-10(2)20-14(19-9)12(7-17)13(23)6-11-8-25-16(21-11)22-4-3-18-15(22)24/h5,8,12H,3-4,6H2,1-2H3,(H,18,24)/t12-/m0/s1. The summed E-state index contributed by atoms with van der Waals surface area (Å²) in [5.41, 5.74) is 1.97. The zero-order valence-electron chi connectivity index (χ0n) is 13.8. The Morgan fingerprint density at radius 1 is 1.40 bits per heavy atom. The molecule has 1 aliphatic rings. The van der Waals surface area contributed by atoms with Crippen molar-refractivity contribution < 1.29 is 9.59 Å². The van der Waals surface area contributed by atoms with Gasteiger partial charge in [-0.15, -0.1) is 11.3 Å². The molecule has 0 saturated carbocycles. The maximum atomic E-state index is 12.5. The number of aryl methyl sites for hydroxylation is 2. The van der Waals surface area contributed by atoms with Crippen LogP contribution in [-0.4, -0.2) is 39.9 Å². The van der Waals surface area contributed by atoms with Crippen LogP contribution in [0.1, 0.15) is 28.8 Å². The van der Waals surface area contributed by atoms with Gasteiger partial charge in [0, 0.05) is 29.9 Å². The van der Waals surface area contributed by atoms with E-state index in [4.69, 9.17) is 0 Å². The normalized spacial score (nSPS) is 14.9. The second-order valence-electron chi connectivity index (χ2n) is 5.72. The van der Waals surface area contributed by atoms with E-state index in [0.717, 1.165) is 0 Å². The van der Waals surface area contributed by atoms with Crippen LogP contribution in [0.2, 0.25) is 0 Å². The number of Topliss-reactive ketones (excluding diaryl/α,β-unsaturated/α-hetero) is 1. The molecule has 3 heterocycles. The van der Waals surface area contributed by atoms with Crippen LogP contribution in [0.3, 0.4) is 0 Å². The van der Waals surface area contributed by atoms with Gasteiger partial charge in [-0.1, -0.05) is 0 Å². The Bertz CT molecular complexity index is 852. The Morgan fingerprint density at radius 3 is 2.72 bits per heavy atom. The maximum absolute atomic E-state index is 12.5. The molecule has 8 nitrogen and oxygen atoms in total. The van der Waals surface area contributed by atoms with Gasteiger partial charge in [0.05, 0.1) is 18.2 Å². The SMILES string of the molecule is Cc1cc(C)nc([C@@H](C#N)C(=O)Cc2csc(N3CCNC3=O)n2)n1. The van der Waals surface area contributed by atoms with Crippen LogP contribution >= 0.6 is 11.3 Å². The number of aromatic nitrogens is 3. The summed E-state index contributed by atoms with van der Waals surface area (Å²) >= 11 is 1.30. The highest BCUT2D eigenvalue weighted by Crippen LogP contribution is 2.23. The summed E-state index contributed by atoms with van der Waals surface area (Å²) in [6.45, 7) is 4.72. The quantitative estimate of drug-likeness (QED) is 0.869. The number of ketones is 1. The van der Waals surface area contributed by atoms with Crippen molar-refractivity contribution in [3.63, 3.8) is 0 Å². The number of nitriles is 1. The van der Waals surface area contributed by atoms with Crippen LogP contribution in [0, 0.1) is 25.2 Å². The van der Waals surface area contributed by atoms with Crippen LogP contribution in [0.5, 0.6) is 0 Å². The minimum Gasteiger partial charge on any atom is -0.336 e. The number of carbonyl (C=O) groups is 2. The number of anilines is 1. The lowest BCUT2D eigenvalue weighted by Crippen LogP contribution is -2.27. The van der Waals surface area contributed by atoms with E-state index >= 15 is 0 Å². The molecule has 1 atom stereocenters. The van der Waals surface area contributed by atoms with Gasteiger partial charge in [-0.25, -0.2) is 19.7 Å². The second kappa shape index (κ2) is 6.94. The number of amides is 2. The summed E-state index contributed by atoms with van der Waals surface area (Å²) in [6.07, 6.45) is 0.000531. The fourth-order valence-electron chi connectivity index (χ4n) is 2.59. The van der Waals surface area contributed by atoms with Gasteiger partial charge in [-0.2, -0.15) is 5.26 Å². The fraction of sp³-hybridized carbons (Fsp3) is 0.375. The van der Waals surface area contributed by atoms with E-state index in [2.05, 4.69) is 20.3 Å². The molecule has 0 aliphatic carbocycles. The predicted molar refractivity (Wildman–Crippen MR) is 91.4 cm³/mol. The number of hydrogen-bond acceptors (Lipinski definition) is 7. The summed E-state index contributed by atoms with van der Waals surface area (Å²) in [5, 5.41) is 14.4. The van der Waals surface area contributed by atoms with Crippen molar-refractivity contribution in [2.75, 3.05) is 18.0 Å². The number of hydrogen-bond donors (Lipinski definition) is 1. The van der Waals surface area contributed by atoms with Crippen molar-refractivity contribution in [1.82, 2.24) is 20.3 Å². The van der Waals surface area contributed by atoms with E-state index in [1.807, 2.05) is 6.07 Å². The molecule has 1 fully saturated rings. The summed E-state index contributed by atoms with van der Waals surface area (Å²) < 4.78 is 0. The fourth-order valence-corrected chi connectivity index (χ4v) is 3.44. The Labute approximate surface area is 148 Å². The first-order chi connectivity index (χ1) is 12.0. The van der Waals surface area contributed by atoms with Crippen molar-refractivity contribution in [2.45, 2.75) is 26.2 Å². The third-order valence-electron chi connectivity index (χ3n) is 3.69. The monoisotopic (exact) mass is 356 g/mol. The number of urea groups is 1. The second-order valence-corrected chi connectivity index (χ2v) is 6.56. The van der Waals surface area contributed by atoms with Crippen LogP contribution in [0.15, 0.2) is 11.4 Å². The van der Waals surface area contributed by atoms with Crippen molar-refractivity contribution in [1.29, 1.82) is 5.26 Å². The smallest absolute Gasteiger partial charge is 0.323 e. The molecule has 9 heteroatoms. The van der Waals surface area contributed by atoms with Gasteiger partial charge in [0.2, 0.25) is 0 Å². The third-order valence-corrected chi connectivity index (χ3v) is 4.60. The van der Waals surface area contributed by atoms with Crippen LogP contribution in [0.4, 0.5) is 9.93 Å². The summed E-state index contributed by atoms with van der Waals surface area (Å²) in [6, 6.07) is 3.59. The van der Waals surface area contributed by atoms with Crippen LogP contribution < -0.4 is 10.2 Å². The van der Waals surface area contributed by atoms with Crippen LogP contribution in [-0.2, 0) is 11.2 Å². The Morgan fingerprint density at radius 2 is 2.12 bits per heavy atom. The Hall–Kier alpha value is -2.86. The highest BCUT2D eigenvalue weighted by Gasteiger charge is 2.27. The lowest BCUT2D eigenvalue weighted by atomic mass is 10.0. The molecule has 1 aliphatic heterocycles. The first kappa shape index (κ1) is 17.0. The first-order valence-electron chi connectivity index (χ1n) is 7.72. The van der Waals surface area contributed by atoms with Gasteiger partial charge in [0.1, 0.15) is 0 Å². The van der Waals surface area contributed by atoms with Gasteiger partial charge in [0.15, 0.2) is 22.7 Å². The van der Waals surface area contributed by atoms with Gasteiger partial charge in [-0.3, -0.25) is 9.69 Å². The molecule has 0 spiro atoms. The molecular formula is C16H16N6O2S. The summed E-state index contributed by atoms with van der Waals surface area (Å²) in [7, 11) is 0. The highest BCUT2D eigenvalue weighted by molar-refractivity contribution is 7.14. The van der Waals surface area contributed by atoms with E-state index in [-0.39, 0.29) is 24.1 Å². The Kier molecular flexibility index (Phi) is 4.72. The average molecular weight is 356 g/mol. The molecule has 1 N–H and O–H groups in total. The van der Waals surface area contributed by atoms with E-state index in [0.29, 0.717) is 35.3 Å². The molecule has 0 radical (unpaired) electrons. The minimum atomic E-state index is -1.03. The first-order valence-corrected chi connectivity index (χ1v) is 8.60. The zero-order valence-corrected chi connectivity index (χ0v) is 14.6. The molecule has 1 saturated heterocycles. The third kappa shape index (κ3) is 3.64. The molecule has 128 valence electrons. The van der Waals surface area contributed by atoms with Gasteiger partial charge >= 0.3 is 6.03 Å². The van der Waals surface area contributed by atoms with Crippen molar-refractivity contribution in [3.8, 4) is 6.07 Å². The zero-order chi connectivity index (χ0) is 18.0. The highest BCUT2D eigenvalue weighted by atomic mass is 32.1. The van der Waals surface area contributed by atoms with Gasteiger partial charge in [-0.05, 0) is 19.9 Å². The van der Waals surface area contributed by atoms with Crippen molar-refractivity contribution in [3.05, 3.63) is 34.4 Å². The largest absolute Gasteiger partial charge is 0.336 e. The summed E-state index contributed by atoms with van der Waals surface area (Å²) in [4.78, 5) is 38.5. The maximum Gasteiger partial charge on any atom is 0.323 e. The molecule has 0 aromatic carbocycles. The minimum absolute atomic E-state index is 0.000531.